The second-order valence-corrected chi connectivity index (χ2v) is 5.80. The Labute approximate surface area is 121 Å². The number of benzene rings is 1. The molecule has 0 aromatic heterocycles. The molecule has 0 spiro atoms. The molecule has 20 heavy (non-hydrogen) atoms. The van der Waals surface area contributed by atoms with Gasteiger partial charge in [-0.2, -0.15) is 0 Å². The van der Waals surface area contributed by atoms with E-state index in [0.29, 0.717) is 22.9 Å². The molecule has 0 bridgehead atoms. The van der Waals surface area contributed by atoms with Crippen molar-refractivity contribution in [1.29, 1.82) is 0 Å². The number of carbonyl (C=O) groups is 2. The fourth-order valence-electron chi connectivity index (χ4n) is 2.82. The van der Waals surface area contributed by atoms with E-state index < -0.39 is 11.7 Å². The van der Waals surface area contributed by atoms with Crippen molar-refractivity contribution in [2.24, 2.45) is 0 Å². The molecule has 2 N–H and O–H groups in total. The van der Waals surface area contributed by atoms with Crippen LogP contribution in [0.15, 0.2) is 18.2 Å². The van der Waals surface area contributed by atoms with Crippen LogP contribution in [0.4, 0.5) is 5.69 Å². The summed E-state index contributed by atoms with van der Waals surface area (Å²) < 4.78 is 0. The first-order valence-corrected chi connectivity index (χ1v) is 7.11. The highest BCUT2D eigenvalue weighted by Crippen LogP contribution is 2.30. The molecule has 0 atom stereocenters. The lowest BCUT2D eigenvalue weighted by Crippen LogP contribution is -3.15. The number of nitrogens with one attached hydrogen (secondary N) is 1. The number of piperidine rings is 1. The molecule has 1 aromatic carbocycles. The Balaban J connectivity index is 1.81. The standard InChI is InChI=1S/C14H15ClN2O3/c15-9-1-2-12-11(7-9)13(19)14(20)17(12)8-16-5-3-10(18)4-6-16/h1-2,7,10,18H,3-6,8H2/p+1. The molecule has 0 radical (unpaired) electrons. The minimum absolute atomic E-state index is 0.235. The van der Waals surface area contributed by atoms with E-state index in [1.807, 2.05) is 0 Å². The fourth-order valence-corrected chi connectivity index (χ4v) is 2.99. The second-order valence-electron chi connectivity index (χ2n) is 5.36. The molecule has 5 nitrogen and oxygen atoms in total. The largest absolute Gasteiger partial charge is 0.393 e. The third-order valence-electron chi connectivity index (χ3n) is 3.98. The zero-order valence-electron chi connectivity index (χ0n) is 10.9. The zero-order valence-corrected chi connectivity index (χ0v) is 11.7. The molecule has 3 rings (SSSR count). The smallest absolute Gasteiger partial charge is 0.303 e. The number of Topliss-reactive ketones (excluding diaryl/α,β-unsaturated/α-hetero) is 1. The molecule has 0 unspecified atom stereocenters. The van der Waals surface area contributed by atoms with Crippen molar-refractivity contribution in [3.8, 4) is 0 Å². The molecule has 1 amide bonds. The van der Waals surface area contributed by atoms with Crippen molar-refractivity contribution in [2.45, 2.75) is 18.9 Å². The van der Waals surface area contributed by atoms with Gasteiger partial charge < -0.3 is 10.0 Å². The Kier molecular flexibility index (Phi) is 3.50. The maximum Gasteiger partial charge on any atom is 0.303 e. The SMILES string of the molecule is O=C1C(=O)N(C[NH+]2CCC(O)CC2)c2ccc(Cl)cc21. The first-order valence-electron chi connectivity index (χ1n) is 6.73. The lowest BCUT2D eigenvalue weighted by atomic mass is 10.1. The van der Waals surface area contributed by atoms with Crippen LogP contribution < -0.4 is 9.80 Å². The van der Waals surface area contributed by atoms with E-state index in [4.69, 9.17) is 11.6 Å². The van der Waals surface area contributed by atoms with Gasteiger partial charge in [0.2, 0.25) is 0 Å². The normalized spacial score (nSPS) is 26.0. The number of nitrogens with zero attached hydrogens (tertiary/aromatic N) is 1. The van der Waals surface area contributed by atoms with Crippen molar-refractivity contribution in [3.05, 3.63) is 28.8 Å². The van der Waals surface area contributed by atoms with Gasteiger partial charge in [-0.3, -0.25) is 14.5 Å². The quantitative estimate of drug-likeness (QED) is 0.747. The minimum atomic E-state index is -0.487. The molecule has 2 heterocycles. The highest BCUT2D eigenvalue weighted by Gasteiger charge is 2.38. The van der Waals surface area contributed by atoms with Gasteiger partial charge in [-0.05, 0) is 18.2 Å². The number of fused-ring (bicyclic) bond motifs is 1. The summed E-state index contributed by atoms with van der Waals surface area (Å²) in [7, 11) is 0. The summed E-state index contributed by atoms with van der Waals surface area (Å²) in [4.78, 5) is 26.8. The van der Waals surface area contributed by atoms with E-state index in [1.54, 1.807) is 18.2 Å². The Morgan fingerprint density at radius 3 is 2.70 bits per heavy atom. The fraction of sp³-hybridized carbons (Fsp3) is 0.429. The Hall–Kier alpha value is -1.43. The van der Waals surface area contributed by atoms with Crippen LogP contribution in [-0.4, -0.2) is 42.7 Å². The molecule has 0 saturated carbocycles. The van der Waals surface area contributed by atoms with Gasteiger partial charge in [0.1, 0.15) is 0 Å². The maximum absolute atomic E-state index is 12.1. The van der Waals surface area contributed by atoms with E-state index in [1.165, 1.54) is 9.80 Å². The highest BCUT2D eigenvalue weighted by molar-refractivity contribution is 6.52. The number of hydrogen-bond donors (Lipinski definition) is 2. The molecule has 2 aliphatic rings. The van der Waals surface area contributed by atoms with Crippen LogP contribution in [0.25, 0.3) is 0 Å². The van der Waals surface area contributed by atoms with E-state index in [2.05, 4.69) is 0 Å². The van der Waals surface area contributed by atoms with E-state index in [9.17, 15) is 14.7 Å². The van der Waals surface area contributed by atoms with Gasteiger partial charge in [0, 0.05) is 17.9 Å². The highest BCUT2D eigenvalue weighted by atomic mass is 35.5. The first-order chi connectivity index (χ1) is 9.56. The van der Waals surface area contributed by atoms with Gasteiger partial charge in [-0.15, -0.1) is 0 Å². The predicted octanol–water partition coefficient (Wildman–Crippen LogP) is -0.134. The van der Waals surface area contributed by atoms with Crippen LogP contribution in [0.1, 0.15) is 23.2 Å². The van der Waals surface area contributed by atoms with Crippen molar-refractivity contribution >= 4 is 29.0 Å². The number of ketones is 1. The predicted molar refractivity (Wildman–Crippen MR) is 74.1 cm³/mol. The molecule has 1 fully saturated rings. The summed E-state index contributed by atoms with van der Waals surface area (Å²) in [5.41, 5.74) is 1.03. The van der Waals surface area contributed by atoms with Crippen LogP contribution in [0.3, 0.4) is 0 Å². The van der Waals surface area contributed by atoms with Gasteiger partial charge in [0.15, 0.2) is 6.67 Å². The van der Waals surface area contributed by atoms with Crippen LogP contribution >= 0.6 is 11.6 Å². The molecular weight excluding hydrogens is 280 g/mol. The molecule has 2 aliphatic heterocycles. The molecule has 6 heteroatoms. The zero-order chi connectivity index (χ0) is 14.3. The molecular formula is C14H16ClN2O3+. The summed E-state index contributed by atoms with van der Waals surface area (Å²) in [6.45, 7) is 2.08. The number of quaternary nitrogens is 1. The average Bonchev–Trinajstić information content (AvgIpc) is 2.66. The number of aliphatic hydroxyl groups is 1. The van der Waals surface area contributed by atoms with Gasteiger partial charge >= 0.3 is 5.91 Å². The number of aliphatic hydroxyl groups excluding tert-OH is 1. The van der Waals surface area contributed by atoms with E-state index in [-0.39, 0.29) is 6.10 Å². The monoisotopic (exact) mass is 295 g/mol. The summed E-state index contributed by atoms with van der Waals surface area (Å²) in [5.74, 6) is -0.972. The third kappa shape index (κ3) is 2.32. The van der Waals surface area contributed by atoms with Gasteiger partial charge in [0.05, 0.1) is 30.4 Å². The molecule has 1 saturated heterocycles. The molecule has 1 aromatic rings. The molecule has 106 valence electrons. The number of amides is 1. The van der Waals surface area contributed by atoms with Gasteiger partial charge in [0.25, 0.3) is 5.78 Å². The van der Waals surface area contributed by atoms with Crippen LogP contribution in [0.5, 0.6) is 0 Å². The maximum atomic E-state index is 12.1. The van der Waals surface area contributed by atoms with Gasteiger partial charge in [-0.25, -0.2) is 0 Å². The Bertz CT molecular complexity index is 568. The van der Waals surface area contributed by atoms with Gasteiger partial charge in [-0.1, -0.05) is 11.6 Å². The van der Waals surface area contributed by atoms with Crippen molar-refractivity contribution in [1.82, 2.24) is 0 Å². The van der Waals surface area contributed by atoms with Crippen LogP contribution in [0.2, 0.25) is 5.02 Å². The summed E-state index contributed by atoms with van der Waals surface area (Å²) in [6, 6.07) is 4.96. The van der Waals surface area contributed by atoms with Crippen molar-refractivity contribution in [2.75, 3.05) is 24.7 Å². The first kappa shape index (κ1) is 13.5. The minimum Gasteiger partial charge on any atom is -0.393 e. The number of rotatable bonds is 2. The molecule has 0 aliphatic carbocycles. The van der Waals surface area contributed by atoms with Crippen LogP contribution in [-0.2, 0) is 4.79 Å². The number of carbonyl (C=O) groups excluding carboxylic acids is 2. The number of hydrogen-bond acceptors (Lipinski definition) is 3. The van der Waals surface area contributed by atoms with E-state index in [0.717, 1.165) is 25.9 Å². The van der Waals surface area contributed by atoms with Crippen molar-refractivity contribution in [3.63, 3.8) is 0 Å². The lowest BCUT2D eigenvalue weighted by Gasteiger charge is -2.29. The second kappa shape index (κ2) is 5.16. The summed E-state index contributed by atoms with van der Waals surface area (Å²) in [5, 5.41) is 9.97. The summed E-state index contributed by atoms with van der Waals surface area (Å²) >= 11 is 5.88. The third-order valence-corrected chi connectivity index (χ3v) is 4.21. The number of anilines is 1. The summed E-state index contributed by atoms with van der Waals surface area (Å²) in [6.07, 6.45) is 1.23. The topological polar surface area (TPSA) is 62.0 Å². The van der Waals surface area contributed by atoms with E-state index >= 15 is 0 Å². The number of halogens is 1. The lowest BCUT2D eigenvalue weighted by molar-refractivity contribution is -0.904. The average molecular weight is 296 g/mol. The Morgan fingerprint density at radius 2 is 2.00 bits per heavy atom. The Morgan fingerprint density at radius 1 is 1.30 bits per heavy atom. The number of likely N-dealkylation sites (tertiary alicyclic amines) is 1. The van der Waals surface area contributed by atoms with Crippen molar-refractivity contribution < 1.29 is 19.6 Å². The van der Waals surface area contributed by atoms with Crippen LogP contribution in [0, 0.1) is 0 Å².